The number of fused-ring (bicyclic) bond motifs is 1. The van der Waals surface area contributed by atoms with E-state index in [-0.39, 0.29) is 11.9 Å². The molecule has 0 radical (unpaired) electrons. The third kappa shape index (κ3) is 5.03. The van der Waals surface area contributed by atoms with Crippen molar-refractivity contribution < 1.29 is 4.79 Å². The maximum absolute atomic E-state index is 13.4. The molecule has 0 bridgehead atoms. The van der Waals surface area contributed by atoms with E-state index in [0.717, 1.165) is 24.0 Å². The highest BCUT2D eigenvalue weighted by Crippen LogP contribution is 2.30. The molecule has 0 saturated carbocycles. The van der Waals surface area contributed by atoms with Gasteiger partial charge in [0.1, 0.15) is 0 Å². The van der Waals surface area contributed by atoms with Crippen LogP contribution in [-0.4, -0.2) is 45.5 Å². The van der Waals surface area contributed by atoms with Gasteiger partial charge in [-0.25, -0.2) is 9.97 Å². The normalized spacial score (nSPS) is 12.3. The van der Waals surface area contributed by atoms with Gasteiger partial charge in [-0.2, -0.15) is 0 Å². The van der Waals surface area contributed by atoms with Gasteiger partial charge >= 0.3 is 0 Å². The van der Waals surface area contributed by atoms with Crippen LogP contribution in [0.25, 0.3) is 16.9 Å². The number of nitrogens with zero attached hydrogens (tertiary/aromatic N) is 4. The summed E-state index contributed by atoms with van der Waals surface area (Å²) in [4.78, 5) is 24.2. The standard InChI is InChI=1S/C25H25Cl2N5O/c1-3-14-31(2)22(17-8-10-18(26)11-9-17)15-30-24(33)19-16-32(25-28-12-5-13-29-25)21-7-4-6-20(27)23(19)21/h4-13,16,22H,3,14-15H2,1-2H3,(H,30,33). The van der Waals surface area contributed by atoms with Crippen molar-refractivity contribution in [3.05, 3.63) is 88.3 Å². The lowest BCUT2D eigenvalue weighted by Gasteiger charge is -2.28. The first-order valence-corrected chi connectivity index (χ1v) is 11.6. The first-order valence-electron chi connectivity index (χ1n) is 10.8. The minimum atomic E-state index is -0.202. The predicted octanol–water partition coefficient (Wildman–Crippen LogP) is 5.54. The van der Waals surface area contributed by atoms with Gasteiger partial charge in [-0.05, 0) is 55.9 Å². The summed E-state index contributed by atoms with van der Waals surface area (Å²) in [7, 11) is 2.06. The summed E-state index contributed by atoms with van der Waals surface area (Å²) in [5.41, 5.74) is 2.35. The number of hydrogen-bond acceptors (Lipinski definition) is 4. The number of nitrogens with one attached hydrogen (secondary N) is 1. The average Bonchev–Trinajstić information content (AvgIpc) is 3.22. The molecule has 2 heterocycles. The lowest BCUT2D eigenvalue weighted by molar-refractivity contribution is 0.0940. The molecule has 2 aromatic heterocycles. The minimum Gasteiger partial charge on any atom is -0.350 e. The molecule has 0 aliphatic rings. The van der Waals surface area contributed by atoms with E-state index in [0.29, 0.717) is 33.5 Å². The Bertz CT molecular complexity index is 1240. The van der Waals surface area contributed by atoms with Crippen molar-refractivity contribution in [1.29, 1.82) is 0 Å². The van der Waals surface area contributed by atoms with Crippen LogP contribution < -0.4 is 5.32 Å². The highest BCUT2D eigenvalue weighted by Gasteiger charge is 2.22. The zero-order valence-electron chi connectivity index (χ0n) is 18.5. The molecular formula is C25H25Cl2N5O. The van der Waals surface area contributed by atoms with Crippen molar-refractivity contribution in [3.8, 4) is 5.95 Å². The number of benzene rings is 2. The molecule has 0 fully saturated rings. The van der Waals surface area contributed by atoms with E-state index in [1.807, 2.05) is 36.4 Å². The van der Waals surface area contributed by atoms with Crippen LogP contribution in [0, 0.1) is 0 Å². The van der Waals surface area contributed by atoms with Gasteiger partial charge in [-0.1, -0.05) is 48.3 Å². The zero-order chi connectivity index (χ0) is 23.4. The molecule has 1 N–H and O–H groups in total. The molecule has 1 amide bonds. The Kier molecular flexibility index (Phi) is 7.28. The topological polar surface area (TPSA) is 63.1 Å². The molecule has 1 atom stereocenters. The fourth-order valence-corrected chi connectivity index (χ4v) is 4.40. The van der Waals surface area contributed by atoms with Crippen molar-refractivity contribution in [2.45, 2.75) is 19.4 Å². The number of halogens is 2. The summed E-state index contributed by atoms with van der Waals surface area (Å²) in [5, 5.41) is 4.97. The molecular weight excluding hydrogens is 457 g/mol. The Morgan fingerprint density at radius 1 is 1.09 bits per heavy atom. The van der Waals surface area contributed by atoms with Gasteiger partial charge in [0.15, 0.2) is 0 Å². The van der Waals surface area contributed by atoms with Gasteiger partial charge < -0.3 is 5.32 Å². The summed E-state index contributed by atoms with van der Waals surface area (Å²) >= 11 is 12.6. The fraction of sp³-hybridized carbons (Fsp3) is 0.240. The second kappa shape index (κ2) is 10.3. The van der Waals surface area contributed by atoms with Crippen molar-refractivity contribution in [3.63, 3.8) is 0 Å². The Morgan fingerprint density at radius 2 is 1.82 bits per heavy atom. The van der Waals surface area contributed by atoms with Crippen LogP contribution >= 0.6 is 23.2 Å². The van der Waals surface area contributed by atoms with E-state index in [1.54, 1.807) is 35.3 Å². The summed E-state index contributed by atoms with van der Waals surface area (Å²) in [6.45, 7) is 3.48. The Hall–Kier alpha value is -2.93. The summed E-state index contributed by atoms with van der Waals surface area (Å²) in [5.74, 6) is 0.275. The van der Waals surface area contributed by atoms with E-state index in [2.05, 4.69) is 34.2 Å². The van der Waals surface area contributed by atoms with E-state index in [9.17, 15) is 4.79 Å². The lowest BCUT2D eigenvalue weighted by Crippen LogP contribution is -2.36. The van der Waals surface area contributed by atoms with Gasteiger partial charge in [0.05, 0.1) is 22.1 Å². The molecule has 33 heavy (non-hydrogen) atoms. The van der Waals surface area contributed by atoms with Crippen LogP contribution in [0.1, 0.15) is 35.3 Å². The van der Waals surface area contributed by atoms with Gasteiger partial charge in [0, 0.05) is 35.5 Å². The van der Waals surface area contributed by atoms with Crippen LogP contribution in [0.5, 0.6) is 0 Å². The Morgan fingerprint density at radius 3 is 2.52 bits per heavy atom. The number of carbonyl (C=O) groups is 1. The first-order chi connectivity index (χ1) is 16.0. The van der Waals surface area contributed by atoms with Gasteiger partial charge in [-0.3, -0.25) is 14.3 Å². The highest BCUT2D eigenvalue weighted by molar-refractivity contribution is 6.37. The van der Waals surface area contributed by atoms with E-state index >= 15 is 0 Å². The van der Waals surface area contributed by atoms with E-state index in [4.69, 9.17) is 23.2 Å². The molecule has 0 aliphatic carbocycles. The number of likely N-dealkylation sites (N-methyl/N-ethyl adjacent to an activating group) is 1. The van der Waals surface area contributed by atoms with Gasteiger partial charge in [0.25, 0.3) is 5.91 Å². The number of hydrogen-bond donors (Lipinski definition) is 1. The molecule has 0 aliphatic heterocycles. The summed E-state index contributed by atoms with van der Waals surface area (Å²) < 4.78 is 1.79. The molecule has 170 valence electrons. The second-order valence-electron chi connectivity index (χ2n) is 7.85. The van der Waals surface area contributed by atoms with Crippen molar-refractivity contribution in [2.24, 2.45) is 0 Å². The number of carbonyl (C=O) groups excluding carboxylic acids is 1. The van der Waals surface area contributed by atoms with E-state index < -0.39 is 0 Å². The summed E-state index contributed by atoms with van der Waals surface area (Å²) in [6.07, 6.45) is 6.08. The maximum atomic E-state index is 13.4. The molecule has 0 saturated heterocycles. The molecule has 6 nitrogen and oxygen atoms in total. The van der Waals surface area contributed by atoms with Crippen LogP contribution in [0.2, 0.25) is 10.0 Å². The number of rotatable bonds is 8. The lowest BCUT2D eigenvalue weighted by atomic mass is 10.0. The maximum Gasteiger partial charge on any atom is 0.253 e. The number of aromatic nitrogens is 3. The fourth-order valence-electron chi connectivity index (χ4n) is 4.00. The average molecular weight is 482 g/mol. The van der Waals surface area contributed by atoms with Crippen LogP contribution in [0.3, 0.4) is 0 Å². The van der Waals surface area contributed by atoms with Gasteiger partial charge in [0.2, 0.25) is 5.95 Å². The highest BCUT2D eigenvalue weighted by atomic mass is 35.5. The van der Waals surface area contributed by atoms with E-state index in [1.165, 1.54) is 0 Å². The smallest absolute Gasteiger partial charge is 0.253 e. The van der Waals surface area contributed by atoms with Crippen LogP contribution in [-0.2, 0) is 0 Å². The largest absolute Gasteiger partial charge is 0.350 e. The zero-order valence-corrected chi connectivity index (χ0v) is 20.0. The SMILES string of the molecule is CCCN(C)C(CNC(=O)c1cn(-c2ncccn2)c2cccc(Cl)c12)c1ccc(Cl)cc1. The molecule has 4 rings (SSSR count). The first kappa shape index (κ1) is 23.2. The summed E-state index contributed by atoms with van der Waals surface area (Å²) in [6, 6.07) is 15.0. The monoisotopic (exact) mass is 481 g/mol. The quantitative estimate of drug-likeness (QED) is 0.358. The third-order valence-electron chi connectivity index (χ3n) is 5.61. The molecule has 8 heteroatoms. The Balaban J connectivity index is 1.65. The molecule has 2 aromatic carbocycles. The van der Waals surface area contributed by atoms with Crippen molar-refractivity contribution in [2.75, 3.05) is 20.1 Å². The molecule has 1 unspecified atom stereocenters. The van der Waals surface area contributed by atoms with Crippen molar-refractivity contribution >= 4 is 40.0 Å². The predicted molar refractivity (Wildman–Crippen MR) is 133 cm³/mol. The third-order valence-corrected chi connectivity index (χ3v) is 6.18. The van der Waals surface area contributed by atoms with Crippen LogP contribution in [0.4, 0.5) is 0 Å². The molecule has 4 aromatic rings. The van der Waals surface area contributed by atoms with Gasteiger partial charge in [-0.15, -0.1) is 0 Å². The van der Waals surface area contributed by atoms with Crippen LogP contribution in [0.15, 0.2) is 67.1 Å². The van der Waals surface area contributed by atoms with Crippen molar-refractivity contribution in [1.82, 2.24) is 24.8 Å². The minimum absolute atomic E-state index is 0.00689. The second-order valence-corrected chi connectivity index (χ2v) is 8.70. The Labute approximate surface area is 203 Å². The molecule has 0 spiro atoms. The number of amides is 1.